The molecule has 0 fully saturated rings. The zero-order chi connectivity index (χ0) is 28.2. The van der Waals surface area contributed by atoms with Crippen LogP contribution in [0.15, 0.2) is 48.5 Å². The van der Waals surface area contributed by atoms with Crippen LogP contribution in [0.3, 0.4) is 0 Å². The van der Waals surface area contributed by atoms with Gasteiger partial charge in [-0.1, -0.05) is 51.1 Å². The van der Waals surface area contributed by atoms with Crippen LogP contribution in [-0.2, 0) is 11.3 Å². The predicted octanol–water partition coefficient (Wildman–Crippen LogP) is 4.55. The smallest absolute Gasteiger partial charge is 0.253 e. The van der Waals surface area contributed by atoms with E-state index in [-0.39, 0.29) is 36.7 Å². The van der Waals surface area contributed by atoms with Crippen LogP contribution >= 0.6 is 0 Å². The molecule has 1 unspecified atom stereocenters. The van der Waals surface area contributed by atoms with Gasteiger partial charge >= 0.3 is 0 Å². The lowest BCUT2D eigenvalue weighted by Gasteiger charge is -2.40. The SMILES string of the molecule is C[C@H](O)C(=O)N(CC[C@H](N)C(F)F)C(c1nc(-c2cc(F)ccc2F)nn1Cc1ccccc1)C(C)(C)C. The summed E-state index contributed by atoms with van der Waals surface area (Å²) in [5.74, 6) is -2.00. The van der Waals surface area contributed by atoms with Crippen molar-refractivity contribution in [1.29, 1.82) is 0 Å². The van der Waals surface area contributed by atoms with Gasteiger partial charge in [0.05, 0.1) is 24.2 Å². The van der Waals surface area contributed by atoms with Crippen LogP contribution in [0.4, 0.5) is 17.6 Å². The minimum atomic E-state index is -2.80. The van der Waals surface area contributed by atoms with E-state index in [9.17, 15) is 27.5 Å². The van der Waals surface area contributed by atoms with Crippen molar-refractivity contribution in [2.75, 3.05) is 6.54 Å². The van der Waals surface area contributed by atoms with Crippen LogP contribution < -0.4 is 5.73 Å². The average molecular weight is 536 g/mol. The number of benzene rings is 2. The number of carbonyl (C=O) groups is 1. The van der Waals surface area contributed by atoms with Gasteiger partial charge in [0.2, 0.25) is 0 Å². The van der Waals surface area contributed by atoms with Crippen LogP contribution in [0.1, 0.15) is 51.5 Å². The number of alkyl halides is 2. The zero-order valence-electron chi connectivity index (χ0n) is 21.8. The Bertz CT molecular complexity index is 1230. The number of hydrogen-bond acceptors (Lipinski definition) is 5. The summed E-state index contributed by atoms with van der Waals surface area (Å²) in [5, 5.41) is 14.7. The number of aliphatic hydroxyl groups excluding tert-OH is 1. The van der Waals surface area contributed by atoms with Crippen molar-refractivity contribution >= 4 is 5.91 Å². The van der Waals surface area contributed by atoms with Crippen LogP contribution in [0.5, 0.6) is 0 Å². The number of nitrogens with zero attached hydrogens (tertiary/aromatic N) is 4. The van der Waals surface area contributed by atoms with E-state index in [1.807, 2.05) is 51.1 Å². The van der Waals surface area contributed by atoms with Gasteiger partial charge in [-0.2, -0.15) is 5.10 Å². The molecule has 3 aromatic rings. The van der Waals surface area contributed by atoms with Crippen molar-refractivity contribution < 1.29 is 27.5 Å². The molecule has 0 aliphatic heterocycles. The molecule has 3 atom stereocenters. The number of hydrogen-bond donors (Lipinski definition) is 2. The Morgan fingerprint density at radius 2 is 1.79 bits per heavy atom. The Kier molecular flexibility index (Phi) is 9.26. The molecule has 0 saturated carbocycles. The molecular formula is C27H33F4N5O2. The Morgan fingerprint density at radius 1 is 1.13 bits per heavy atom. The quantitative estimate of drug-likeness (QED) is 0.371. The summed E-state index contributed by atoms with van der Waals surface area (Å²) in [5.41, 5.74) is 5.48. The maximum absolute atomic E-state index is 14.7. The number of aromatic nitrogens is 3. The molecule has 0 aliphatic carbocycles. The Balaban J connectivity index is 2.20. The van der Waals surface area contributed by atoms with Crippen molar-refractivity contribution in [2.24, 2.45) is 11.1 Å². The van der Waals surface area contributed by atoms with Gasteiger partial charge in [-0.25, -0.2) is 27.2 Å². The molecule has 38 heavy (non-hydrogen) atoms. The minimum absolute atomic E-state index is 0.101. The highest BCUT2D eigenvalue weighted by Gasteiger charge is 2.40. The maximum atomic E-state index is 14.7. The topological polar surface area (TPSA) is 97.3 Å². The number of halogens is 4. The van der Waals surface area contributed by atoms with Gasteiger partial charge in [-0.05, 0) is 42.5 Å². The highest BCUT2D eigenvalue weighted by atomic mass is 19.3. The van der Waals surface area contributed by atoms with E-state index in [4.69, 9.17) is 5.73 Å². The van der Waals surface area contributed by atoms with Gasteiger partial charge in [-0.15, -0.1) is 0 Å². The van der Waals surface area contributed by atoms with Gasteiger partial charge in [0.25, 0.3) is 12.3 Å². The fourth-order valence-corrected chi connectivity index (χ4v) is 4.23. The Labute approximate surface area is 219 Å². The average Bonchev–Trinajstić information content (AvgIpc) is 3.24. The van der Waals surface area contributed by atoms with Crippen LogP contribution in [-0.4, -0.2) is 55.8 Å². The third-order valence-corrected chi connectivity index (χ3v) is 6.09. The number of aliphatic hydroxyl groups is 1. The van der Waals surface area contributed by atoms with Crippen molar-refractivity contribution in [2.45, 2.75) is 65.3 Å². The maximum Gasteiger partial charge on any atom is 0.253 e. The van der Waals surface area contributed by atoms with Gasteiger partial charge in [0, 0.05) is 6.54 Å². The monoisotopic (exact) mass is 535 g/mol. The predicted molar refractivity (Wildman–Crippen MR) is 135 cm³/mol. The van der Waals surface area contributed by atoms with E-state index in [0.717, 1.165) is 23.8 Å². The standard InChI is InChI=1S/C27H33F4N5O2/c1-16(37)26(38)35(13-12-21(32)23(30)31)22(27(2,3)4)25-33-24(19-14-18(28)10-11-20(19)29)34-36(25)15-17-8-6-5-7-9-17/h5-11,14,16,21-23,37H,12-13,15,32H2,1-4H3/t16-,21-,22?/m0/s1. The van der Waals surface area contributed by atoms with Gasteiger partial charge in [0.15, 0.2) is 11.6 Å². The lowest BCUT2D eigenvalue weighted by atomic mass is 9.84. The molecular weight excluding hydrogens is 502 g/mol. The molecule has 206 valence electrons. The first-order chi connectivity index (χ1) is 17.8. The largest absolute Gasteiger partial charge is 0.384 e. The summed E-state index contributed by atoms with van der Waals surface area (Å²) in [6.45, 7) is 6.72. The molecule has 1 aromatic heterocycles. The molecule has 0 radical (unpaired) electrons. The molecule has 1 heterocycles. The van der Waals surface area contributed by atoms with Crippen molar-refractivity contribution in [1.82, 2.24) is 19.7 Å². The normalized spacial score (nSPS) is 14.4. The van der Waals surface area contributed by atoms with E-state index >= 15 is 0 Å². The summed E-state index contributed by atoms with van der Waals surface area (Å²) in [6.07, 6.45) is -4.47. The van der Waals surface area contributed by atoms with Crippen LogP contribution in [0.2, 0.25) is 0 Å². The van der Waals surface area contributed by atoms with Gasteiger partial charge in [-0.3, -0.25) is 4.79 Å². The number of nitrogens with two attached hydrogens (primary N) is 1. The number of amides is 1. The fourth-order valence-electron chi connectivity index (χ4n) is 4.23. The second kappa shape index (κ2) is 12.0. The molecule has 1 amide bonds. The van der Waals surface area contributed by atoms with Crippen molar-refractivity contribution in [3.05, 3.63) is 71.6 Å². The molecule has 0 bridgehead atoms. The summed E-state index contributed by atoms with van der Waals surface area (Å²) in [6, 6.07) is 9.74. The molecule has 0 saturated heterocycles. The van der Waals surface area contributed by atoms with E-state index in [1.54, 1.807) is 0 Å². The van der Waals surface area contributed by atoms with E-state index in [0.29, 0.717) is 0 Å². The summed E-state index contributed by atoms with van der Waals surface area (Å²) >= 11 is 0. The molecule has 2 aromatic carbocycles. The highest BCUT2D eigenvalue weighted by Crippen LogP contribution is 2.39. The minimum Gasteiger partial charge on any atom is -0.384 e. The first kappa shape index (κ1) is 29.2. The first-order valence-corrected chi connectivity index (χ1v) is 12.3. The second-order valence-electron chi connectivity index (χ2n) is 10.3. The summed E-state index contributed by atoms with van der Waals surface area (Å²) < 4.78 is 56.6. The third kappa shape index (κ3) is 6.96. The van der Waals surface area contributed by atoms with E-state index in [1.165, 1.54) is 16.5 Å². The first-order valence-electron chi connectivity index (χ1n) is 12.3. The Hall–Kier alpha value is -3.31. The lowest BCUT2D eigenvalue weighted by Crippen LogP contribution is -2.48. The molecule has 0 spiro atoms. The third-order valence-electron chi connectivity index (χ3n) is 6.09. The molecule has 3 rings (SSSR count). The lowest BCUT2D eigenvalue weighted by molar-refractivity contribution is -0.145. The summed E-state index contributed by atoms with van der Waals surface area (Å²) in [7, 11) is 0. The number of rotatable bonds is 10. The van der Waals surface area contributed by atoms with Gasteiger partial charge < -0.3 is 15.7 Å². The second-order valence-corrected chi connectivity index (χ2v) is 10.3. The molecule has 11 heteroatoms. The van der Waals surface area contributed by atoms with E-state index in [2.05, 4.69) is 10.1 Å². The number of carbonyl (C=O) groups excluding carboxylic acids is 1. The van der Waals surface area contributed by atoms with Crippen molar-refractivity contribution in [3.8, 4) is 11.4 Å². The molecule has 7 nitrogen and oxygen atoms in total. The van der Waals surface area contributed by atoms with Crippen LogP contribution in [0, 0.1) is 17.0 Å². The van der Waals surface area contributed by atoms with Crippen LogP contribution in [0.25, 0.3) is 11.4 Å². The van der Waals surface area contributed by atoms with E-state index < -0.39 is 47.6 Å². The van der Waals surface area contributed by atoms with Gasteiger partial charge in [0.1, 0.15) is 17.7 Å². The fraction of sp³-hybridized carbons (Fsp3) is 0.444. The molecule has 3 N–H and O–H groups in total. The Morgan fingerprint density at radius 3 is 2.37 bits per heavy atom. The zero-order valence-corrected chi connectivity index (χ0v) is 21.8. The van der Waals surface area contributed by atoms with Crippen molar-refractivity contribution in [3.63, 3.8) is 0 Å². The summed E-state index contributed by atoms with van der Waals surface area (Å²) in [4.78, 5) is 19.0. The highest BCUT2D eigenvalue weighted by molar-refractivity contribution is 5.80. The molecule has 0 aliphatic rings.